The molecule has 4 bridgehead atoms. The Labute approximate surface area is 174 Å². The van der Waals surface area contributed by atoms with E-state index in [9.17, 15) is 4.79 Å². The lowest BCUT2D eigenvalue weighted by molar-refractivity contribution is -0.141. The summed E-state index contributed by atoms with van der Waals surface area (Å²) in [4.78, 5) is 18.1. The van der Waals surface area contributed by atoms with Crippen molar-refractivity contribution in [3.8, 4) is 0 Å². The zero-order valence-electron chi connectivity index (χ0n) is 16.8. The summed E-state index contributed by atoms with van der Waals surface area (Å²) in [6, 6.07) is 8.24. The summed E-state index contributed by atoms with van der Waals surface area (Å²) in [5.74, 6) is 3.30. The minimum atomic E-state index is -0.0441. The van der Waals surface area contributed by atoms with Crippen molar-refractivity contribution in [3.05, 3.63) is 24.3 Å². The quantitative estimate of drug-likeness (QED) is 0.565. The molecule has 2 heterocycles. The van der Waals surface area contributed by atoms with E-state index in [1.54, 1.807) is 0 Å². The van der Waals surface area contributed by atoms with Crippen molar-refractivity contribution in [2.24, 2.45) is 23.2 Å². The van der Waals surface area contributed by atoms with Gasteiger partial charge in [-0.15, -0.1) is 10.2 Å². The molecule has 0 spiro atoms. The molecule has 0 unspecified atom stereocenters. The lowest BCUT2D eigenvalue weighted by Crippen LogP contribution is -2.50. The Morgan fingerprint density at radius 1 is 1.10 bits per heavy atom. The molecule has 4 saturated carbocycles. The highest BCUT2D eigenvalue weighted by atomic mass is 32.2. The molecule has 0 radical (unpaired) electrons. The molecule has 4 aliphatic carbocycles. The molecular weight excluding hydrogens is 380 g/mol. The molecule has 4 aliphatic rings. The Balaban J connectivity index is 1.26. The van der Waals surface area contributed by atoms with Crippen LogP contribution in [-0.4, -0.2) is 31.3 Å². The topological polar surface area (TPSA) is 60.7 Å². The SMILES string of the molecule is CCn1c2ccccc2c2nnc(SCC(=O)C34CC5CC(CC(C5)C3)C4)nc21. The largest absolute Gasteiger partial charge is 0.324 e. The van der Waals surface area contributed by atoms with Gasteiger partial charge in [0.1, 0.15) is 11.3 Å². The van der Waals surface area contributed by atoms with Crippen molar-refractivity contribution in [1.29, 1.82) is 0 Å². The number of Topliss-reactive ketones (excluding diaryl/α,β-unsaturated/α-hetero) is 1. The van der Waals surface area contributed by atoms with E-state index in [4.69, 9.17) is 4.98 Å². The summed E-state index contributed by atoms with van der Waals surface area (Å²) >= 11 is 1.47. The van der Waals surface area contributed by atoms with Gasteiger partial charge in [-0.2, -0.15) is 0 Å². The van der Waals surface area contributed by atoms with E-state index in [2.05, 4.69) is 33.8 Å². The Morgan fingerprint density at radius 3 is 2.48 bits per heavy atom. The lowest BCUT2D eigenvalue weighted by Gasteiger charge is -2.56. The summed E-state index contributed by atoms with van der Waals surface area (Å²) in [6.45, 7) is 2.95. The molecule has 4 fully saturated rings. The molecule has 7 rings (SSSR count). The predicted molar refractivity (Wildman–Crippen MR) is 115 cm³/mol. The number of ketones is 1. The van der Waals surface area contributed by atoms with Crippen molar-refractivity contribution in [3.63, 3.8) is 0 Å². The van der Waals surface area contributed by atoms with Crippen LogP contribution < -0.4 is 0 Å². The molecule has 2 aromatic heterocycles. The average Bonchev–Trinajstić information content (AvgIpc) is 3.04. The second-order valence-electron chi connectivity index (χ2n) is 9.44. The van der Waals surface area contributed by atoms with E-state index in [1.807, 2.05) is 12.1 Å². The number of hydrogen-bond donors (Lipinski definition) is 0. The third-order valence-corrected chi connectivity index (χ3v) is 8.47. The number of aryl methyl sites for hydroxylation is 1. The van der Waals surface area contributed by atoms with Crippen LogP contribution in [0.5, 0.6) is 0 Å². The molecule has 0 N–H and O–H groups in total. The highest BCUT2D eigenvalue weighted by Crippen LogP contribution is 2.60. The molecule has 1 aromatic carbocycles. The molecule has 3 aromatic rings. The third kappa shape index (κ3) is 2.75. The summed E-state index contributed by atoms with van der Waals surface area (Å²) < 4.78 is 2.18. The van der Waals surface area contributed by atoms with Crippen molar-refractivity contribution in [2.75, 3.05) is 5.75 Å². The standard InChI is InChI=1S/C23H26N4OS/c1-2-27-18-6-4-3-5-17(18)20-21(27)24-22(26-25-20)29-13-19(28)23-10-14-7-15(11-23)9-16(8-14)12-23/h3-6,14-16H,2,7-13H2,1H3. The van der Waals surface area contributed by atoms with Crippen molar-refractivity contribution in [1.82, 2.24) is 19.7 Å². The fraction of sp³-hybridized carbons (Fsp3) is 0.565. The minimum absolute atomic E-state index is 0.0441. The first kappa shape index (κ1) is 17.9. The highest BCUT2D eigenvalue weighted by molar-refractivity contribution is 7.99. The van der Waals surface area contributed by atoms with Crippen LogP contribution in [0.25, 0.3) is 22.1 Å². The molecule has 0 amide bonds. The van der Waals surface area contributed by atoms with Gasteiger partial charge in [0, 0.05) is 17.3 Å². The van der Waals surface area contributed by atoms with Crippen LogP contribution in [0.15, 0.2) is 29.4 Å². The van der Waals surface area contributed by atoms with Gasteiger partial charge in [-0.3, -0.25) is 4.79 Å². The third-order valence-electron chi connectivity index (χ3n) is 7.63. The van der Waals surface area contributed by atoms with Crippen LogP contribution in [0.4, 0.5) is 0 Å². The molecule has 29 heavy (non-hydrogen) atoms. The highest BCUT2D eigenvalue weighted by Gasteiger charge is 2.54. The van der Waals surface area contributed by atoms with Gasteiger partial charge in [-0.25, -0.2) is 4.98 Å². The maximum Gasteiger partial charge on any atom is 0.211 e. The molecule has 0 aliphatic heterocycles. The molecular formula is C23H26N4OS. The number of hydrogen-bond acceptors (Lipinski definition) is 5. The lowest BCUT2D eigenvalue weighted by atomic mass is 9.48. The number of carbonyl (C=O) groups is 1. The number of para-hydroxylation sites is 1. The Bertz CT molecular complexity index is 1090. The first-order valence-electron chi connectivity index (χ1n) is 10.9. The summed E-state index contributed by atoms with van der Waals surface area (Å²) in [5.41, 5.74) is 2.81. The number of carbonyl (C=O) groups excluding carboxylic acids is 1. The molecule has 5 nitrogen and oxygen atoms in total. The Morgan fingerprint density at radius 2 is 1.79 bits per heavy atom. The summed E-state index contributed by atoms with van der Waals surface area (Å²) in [7, 11) is 0. The average molecular weight is 407 g/mol. The van der Waals surface area contributed by atoms with Crippen LogP contribution in [-0.2, 0) is 11.3 Å². The van der Waals surface area contributed by atoms with Crippen molar-refractivity contribution < 1.29 is 4.79 Å². The van der Waals surface area contributed by atoms with Crippen LogP contribution in [0.1, 0.15) is 45.4 Å². The van der Waals surface area contributed by atoms with Crippen molar-refractivity contribution >= 4 is 39.6 Å². The fourth-order valence-electron chi connectivity index (χ4n) is 6.81. The van der Waals surface area contributed by atoms with Gasteiger partial charge in [0.05, 0.1) is 11.3 Å². The molecule has 6 heteroatoms. The van der Waals surface area contributed by atoms with E-state index in [-0.39, 0.29) is 5.41 Å². The minimum Gasteiger partial charge on any atom is -0.324 e. The van der Waals surface area contributed by atoms with E-state index in [1.165, 1.54) is 31.0 Å². The van der Waals surface area contributed by atoms with Gasteiger partial charge in [-0.1, -0.05) is 30.0 Å². The maximum atomic E-state index is 13.3. The number of thioether (sulfide) groups is 1. The molecule has 0 saturated heterocycles. The zero-order chi connectivity index (χ0) is 19.6. The Hall–Kier alpha value is -1.95. The monoisotopic (exact) mass is 406 g/mol. The van der Waals surface area contributed by atoms with E-state index in [0.29, 0.717) is 16.7 Å². The van der Waals surface area contributed by atoms with Crippen LogP contribution >= 0.6 is 11.8 Å². The number of benzene rings is 1. The normalized spacial score (nSPS) is 30.4. The second-order valence-corrected chi connectivity index (χ2v) is 10.4. The van der Waals surface area contributed by atoms with E-state index in [0.717, 1.165) is 65.6 Å². The van der Waals surface area contributed by atoms with Crippen LogP contribution in [0.2, 0.25) is 0 Å². The van der Waals surface area contributed by atoms with Crippen LogP contribution in [0, 0.1) is 23.2 Å². The number of fused-ring (bicyclic) bond motifs is 3. The predicted octanol–water partition coefficient (Wildman–Crippen LogP) is 4.88. The summed E-state index contributed by atoms with van der Waals surface area (Å²) in [5, 5.41) is 10.5. The van der Waals surface area contributed by atoms with Gasteiger partial charge >= 0.3 is 0 Å². The Kier molecular flexibility index (Phi) is 4.02. The van der Waals surface area contributed by atoms with Crippen LogP contribution in [0.3, 0.4) is 0 Å². The molecule has 150 valence electrons. The molecule has 0 atom stereocenters. The van der Waals surface area contributed by atoms with Gasteiger partial charge in [0.2, 0.25) is 5.16 Å². The van der Waals surface area contributed by atoms with Gasteiger partial charge in [0.15, 0.2) is 5.65 Å². The van der Waals surface area contributed by atoms with E-state index < -0.39 is 0 Å². The fourth-order valence-corrected chi connectivity index (χ4v) is 7.62. The van der Waals surface area contributed by atoms with Crippen molar-refractivity contribution in [2.45, 2.75) is 57.1 Å². The first-order valence-corrected chi connectivity index (χ1v) is 11.9. The number of nitrogens with zero attached hydrogens (tertiary/aromatic N) is 4. The smallest absolute Gasteiger partial charge is 0.211 e. The first-order chi connectivity index (χ1) is 14.1. The number of aromatic nitrogens is 4. The van der Waals surface area contributed by atoms with Gasteiger partial charge < -0.3 is 4.57 Å². The zero-order valence-corrected chi connectivity index (χ0v) is 17.6. The second kappa shape index (κ2) is 6.53. The maximum absolute atomic E-state index is 13.3. The summed E-state index contributed by atoms with van der Waals surface area (Å²) in [6.07, 6.45) is 7.47. The number of rotatable bonds is 5. The van der Waals surface area contributed by atoms with E-state index >= 15 is 0 Å². The van der Waals surface area contributed by atoms with Gasteiger partial charge in [-0.05, 0) is 69.3 Å². The van der Waals surface area contributed by atoms with Gasteiger partial charge in [0.25, 0.3) is 0 Å².